The number of halogens is 1. The molecule has 0 saturated heterocycles. The van der Waals surface area contributed by atoms with Crippen molar-refractivity contribution in [2.45, 2.75) is 64.9 Å². The van der Waals surface area contributed by atoms with Crippen LogP contribution in [-0.4, -0.2) is 44.3 Å². The number of amides is 2. The molecule has 40 heavy (non-hydrogen) atoms. The summed E-state index contributed by atoms with van der Waals surface area (Å²) < 4.78 is 42.5. The predicted octanol–water partition coefficient (Wildman–Crippen LogP) is 5.28. The molecule has 0 radical (unpaired) electrons. The van der Waals surface area contributed by atoms with Gasteiger partial charge in [-0.05, 0) is 87.2 Å². The molecular weight excluding hydrogens is 529 g/mol. The Morgan fingerprint density at radius 3 is 2.08 bits per heavy atom. The van der Waals surface area contributed by atoms with Gasteiger partial charge in [-0.2, -0.15) is 0 Å². The molecule has 0 aliphatic heterocycles. The number of anilines is 1. The third-order valence-corrected chi connectivity index (χ3v) is 8.43. The van der Waals surface area contributed by atoms with E-state index in [2.05, 4.69) is 5.32 Å². The minimum Gasteiger partial charge on any atom is -0.354 e. The van der Waals surface area contributed by atoms with Gasteiger partial charge in [0.05, 0.1) is 10.6 Å². The van der Waals surface area contributed by atoms with E-state index in [1.54, 1.807) is 43.3 Å². The monoisotopic (exact) mass is 567 g/mol. The summed E-state index contributed by atoms with van der Waals surface area (Å²) in [7, 11) is -4.14. The van der Waals surface area contributed by atoms with Crippen LogP contribution in [-0.2, 0) is 26.2 Å². The Bertz CT molecular complexity index is 1400. The second kappa shape index (κ2) is 13.6. The van der Waals surface area contributed by atoms with Crippen LogP contribution in [0.2, 0.25) is 0 Å². The first-order chi connectivity index (χ1) is 18.9. The zero-order chi connectivity index (χ0) is 29.4. The van der Waals surface area contributed by atoms with Gasteiger partial charge in [0.2, 0.25) is 11.8 Å². The molecule has 1 atom stereocenters. The van der Waals surface area contributed by atoms with Crippen molar-refractivity contribution in [3.8, 4) is 0 Å². The van der Waals surface area contributed by atoms with Crippen LogP contribution in [0.15, 0.2) is 71.6 Å². The van der Waals surface area contributed by atoms with E-state index in [-0.39, 0.29) is 17.3 Å². The van der Waals surface area contributed by atoms with Crippen LogP contribution in [0.5, 0.6) is 0 Å². The number of hydrogen-bond acceptors (Lipinski definition) is 4. The molecule has 2 amide bonds. The van der Waals surface area contributed by atoms with E-state index < -0.39 is 34.3 Å². The maximum atomic E-state index is 13.9. The number of aryl methyl sites for hydroxylation is 3. The van der Waals surface area contributed by atoms with Crippen LogP contribution in [0.4, 0.5) is 10.1 Å². The second-order valence-electron chi connectivity index (χ2n) is 10.1. The van der Waals surface area contributed by atoms with E-state index in [9.17, 15) is 22.4 Å². The Labute approximate surface area is 237 Å². The minimum absolute atomic E-state index is 0.00669. The molecule has 3 aromatic carbocycles. The second-order valence-corrected chi connectivity index (χ2v) is 12.0. The SMILES string of the molecule is CCCCNC(=O)[C@H](C)N(Cc1ccc(F)cc1)C(=O)CN(c1cc(C)cc(C)c1)S(=O)(=O)c1ccc(C)cc1. The van der Waals surface area contributed by atoms with Crippen molar-refractivity contribution < 1.29 is 22.4 Å². The van der Waals surface area contributed by atoms with Crippen molar-refractivity contribution in [2.24, 2.45) is 0 Å². The Morgan fingerprint density at radius 1 is 0.900 bits per heavy atom. The molecule has 0 spiro atoms. The van der Waals surface area contributed by atoms with Crippen LogP contribution in [0.3, 0.4) is 0 Å². The van der Waals surface area contributed by atoms with Crippen molar-refractivity contribution in [3.05, 3.63) is 94.8 Å². The Hall–Kier alpha value is -3.72. The molecule has 3 aromatic rings. The lowest BCUT2D eigenvalue weighted by Crippen LogP contribution is -2.51. The zero-order valence-electron chi connectivity index (χ0n) is 23.8. The normalized spacial score (nSPS) is 12.1. The summed E-state index contributed by atoms with van der Waals surface area (Å²) in [6, 6.07) is 16.6. The van der Waals surface area contributed by atoms with Gasteiger partial charge in [0.15, 0.2) is 0 Å². The summed E-state index contributed by atoms with van der Waals surface area (Å²) in [4.78, 5) is 28.3. The molecule has 0 aromatic heterocycles. The van der Waals surface area contributed by atoms with Gasteiger partial charge in [-0.3, -0.25) is 13.9 Å². The maximum Gasteiger partial charge on any atom is 0.264 e. The first-order valence-electron chi connectivity index (χ1n) is 13.4. The van der Waals surface area contributed by atoms with Crippen LogP contribution in [0.25, 0.3) is 0 Å². The highest BCUT2D eigenvalue weighted by molar-refractivity contribution is 7.92. The zero-order valence-corrected chi connectivity index (χ0v) is 24.6. The van der Waals surface area contributed by atoms with Crippen molar-refractivity contribution in [3.63, 3.8) is 0 Å². The maximum absolute atomic E-state index is 13.9. The van der Waals surface area contributed by atoms with Gasteiger partial charge in [0.25, 0.3) is 10.0 Å². The quantitative estimate of drug-likeness (QED) is 0.302. The summed E-state index contributed by atoms with van der Waals surface area (Å²) in [5.41, 5.74) is 3.56. The summed E-state index contributed by atoms with van der Waals surface area (Å²) in [6.45, 7) is 9.15. The van der Waals surface area contributed by atoms with Crippen LogP contribution < -0.4 is 9.62 Å². The lowest BCUT2D eigenvalue weighted by molar-refractivity contribution is -0.139. The molecule has 9 heteroatoms. The molecule has 0 bridgehead atoms. The summed E-state index contributed by atoms with van der Waals surface area (Å²) in [6.07, 6.45) is 1.69. The molecule has 0 saturated carbocycles. The summed E-state index contributed by atoms with van der Waals surface area (Å²) >= 11 is 0. The topological polar surface area (TPSA) is 86.8 Å². The van der Waals surface area contributed by atoms with Crippen LogP contribution in [0, 0.1) is 26.6 Å². The average molecular weight is 568 g/mol. The first kappa shape index (κ1) is 30.8. The highest BCUT2D eigenvalue weighted by Gasteiger charge is 2.32. The van der Waals surface area contributed by atoms with E-state index in [0.29, 0.717) is 17.8 Å². The van der Waals surface area contributed by atoms with E-state index >= 15 is 0 Å². The van der Waals surface area contributed by atoms with E-state index in [1.165, 1.54) is 29.2 Å². The lowest BCUT2D eigenvalue weighted by Gasteiger charge is -2.32. The van der Waals surface area contributed by atoms with E-state index in [0.717, 1.165) is 33.8 Å². The fourth-order valence-electron chi connectivity index (χ4n) is 4.37. The number of nitrogens with zero attached hydrogens (tertiary/aromatic N) is 2. The Kier molecular flexibility index (Phi) is 10.5. The Balaban J connectivity index is 2.03. The molecule has 3 rings (SSSR count). The van der Waals surface area contributed by atoms with Crippen molar-refractivity contribution in [1.82, 2.24) is 10.2 Å². The number of carbonyl (C=O) groups excluding carboxylic acids is 2. The Morgan fingerprint density at radius 2 is 1.50 bits per heavy atom. The fourth-order valence-corrected chi connectivity index (χ4v) is 5.76. The molecule has 0 heterocycles. The average Bonchev–Trinajstić information content (AvgIpc) is 2.90. The number of rotatable bonds is 12. The standard InChI is InChI=1S/C31H38FN3O4S/c1-6-7-16-33-31(37)25(5)34(20-26-10-12-27(32)13-11-26)30(36)21-35(28-18-23(3)17-24(4)19-28)40(38,39)29-14-8-22(2)9-15-29/h8-15,17-19,25H,6-7,16,20-21H2,1-5H3,(H,33,37)/t25-/m0/s1. The van der Waals surface area contributed by atoms with Crippen molar-refractivity contribution >= 4 is 27.5 Å². The van der Waals surface area contributed by atoms with E-state index in [4.69, 9.17) is 0 Å². The van der Waals surface area contributed by atoms with Gasteiger partial charge >= 0.3 is 0 Å². The largest absolute Gasteiger partial charge is 0.354 e. The van der Waals surface area contributed by atoms with Crippen LogP contribution in [0.1, 0.15) is 48.9 Å². The molecule has 0 aliphatic carbocycles. The van der Waals surface area contributed by atoms with Gasteiger partial charge in [-0.1, -0.05) is 49.2 Å². The van der Waals surface area contributed by atoms with Crippen molar-refractivity contribution in [1.29, 1.82) is 0 Å². The number of benzene rings is 3. The van der Waals surface area contributed by atoms with Gasteiger partial charge in [0, 0.05) is 13.1 Å². The summed E-state index contributed by atoms with van der Waals surface area (Å²) in [5.74, 6) is -1.32. The predicted molar refractivity (Wildman–Crippen MR) is 156 cm³/mol. The smallest absolute Gasteiger partial charge is 0.264 e. The van der Waals surface area contributed by atoms with Gasteiger partial charge in [-0.15, -0.1) is 0 Å². The van der Waals surface area contributed by atoms with Gasteiger partial charge < -0.3 is 10.2 Å². The first-order valence-corrected chi connectivity index (χ1v) is 14.9. The molecule has 7 nitrogen and oxygen atoms in total. The van der Waals surface area contributed by atoms with E-state index in [1.807, 2.05) is 33.8 Å². The minimum atomic E-state index is -4.14. The molecule has 0 unspecified atom stereocenters. The number of unbranched alkanes of at least 4 members (excludes halogenated alkanes) is 1. The van der Waals surface area contributed by atoms with Gasteiger partial charge in [-0.25, -0.2) is 12.8 Å². The fraction of sp³-hybridized carbons (Fsp3) is 0.355. The lowest BCUT2D eigenvalue weighted by atomic mass is 10.1. The number of hydrogen-bond donors (Lipinski definition) is 1. The molecule has 1 N–H and O–H groups in total. The molecule has 214 valence electrons. The molecular formula is C31H38FN3O4S. The van der Waals surface area contributed by atoms with Crippen molar-refractivity contribution in [2.75, 3.05) is 17.4 Å². The highest BCUT2D eigenvalue weighted by atomic mass is 32.2. The highest BCUT2D eigenvalue weighted by Crippen LogP contribution is 2.27. The number of carbonyl (C=O) groups is 2. The summed E-state index contributed by atoms with van der Waals surface area (Å²) in [5, 5.41) is 2.85. The van der Waals surface area contributed by atoms with Crippen LogP contribution >= 0.6 is 0 Å². The third kappa shape index (κ3) is 7.91. The molecule has 0 fully saturated rings. The number of sulfonamides is 1. The third-order valence-electron chi connectivity index (χ3n) is 6.65. The number of nitrogens with one attached hydrogen (secondary N) is 1. The molecule has 0 aliphatic rings. The van der Waals surface area contributed by atoms with Gasteiger partial charge in [0.1, 0.15) is 18.4 Å².